The molecule has 0 fully saturated rings. The molecule has 0 saturated carbocycles. The first kappa shape index (κ1) is 9.16. The number of benzene rings is 1. The van der Waals surface area contributed by atoms with Crippen LogP contribution >= 0.6 is 11.6 Å². The van der Waals surface area contributed by atoms with E-state index in [0.717, 1.165) is 17.1 Å². The van der Waals surface area contributed by atoms with Crippen molar-refractivity contribution in [3.63, 3.8) is 0 Å². The van der Waals surface area contributed by atoms with E-state index in [1.165, 1.54) is 6.26 Å². The molecule has 0 aliphatic heterocycles. The van der Waals surface area contributed by atoms with Crippen molar-refractivity contribution in [1.29, 1.82) is 0 Å². The minimum atomic E-state index is 0.607. The largest absolute Gasteiger partial charge is 0.497 e. The zero-order chi connectivity index (χ0) is 9.97. The number of halogens is 1. The summed E-state index contributed by atoms with van der Waals surface area (Å²) in [5.41, 5.74) is 0.984. The summed E-state index contributed by atoms with van der Waals surface area (Å²) < 4.78 is 10.3. The molecule has 0 unspecified atom stereocenters. The molecule has 0 radical (unpaired) electrons. The lowest BCUT2D eigenvalue weighted by atomic mass is 10.2. The molecule has 72 valence electrons. The van der Waals surface area contributed by atoms with E-state index >= 15 is 0 Å². The van der Waals surface area contributed by atoms with Gasteiger partial charge in [0.15, 0.2) is 0 Å². The zero-order valence-electron chi connectivity index (χ0n) is 7.66. The highest BCUT2D eigenvalue weighted by molar-refractivity contribution is 6.30. The highest BCUT2D eigenvalue weighted by Gasteiger charge is 2.02. The molecule has 0 saturated heterocycles. The Bertz CT molecular complexity index is 417. The molecule has 3 heteroatoms. The van der Waals surface area contributed by atoms with Gasteiger partial charge in [-0.25, -0.2) is 0 Å². The van der Waals surface area contributed by atoms with Gasteiger partial charge in [0.05, 0.1) is 12.1 Å². The third-order valence-corrected chi connectivity index (χ3v) is 2.14. The average Bonchev–Trinajstić information content (AvgIpc) is 2.65. The van der Waals surface area contributed by atoms with Crippen molar-refractivity contribution in [1.82, 2.24) is 0 Å². The fourth-order valence-corrected chi connectivity index (χ4v) is 1.36. The van der Waals surface area contributed by atoms with Crippen LogP contribution in [0.2, 0.25) is 5.02 Å². The summed E-state index contributed by atoms with van der Waals surface area (Å²) in [5.74, 6) is 1.59. The van der Waals surface area contributed by atoms with Crippen LogP contribution in [0.25, 0.3) is 11.3 Å². The lowest BCUT2D eigenvalue weighted by Crippen LogP contribution is -1.81. The van der Waals surface area contributed by atoms with Gasteiger partial charge in [-0.15, -0.1) is 0 Å². The van der Waals surface area contributed by atoms with Crippen LogP contribution in [0.15, 0.2) is 41.0 Å². The first-order valence-electron chi connectivity index (χ1n) is 4.18. The maximum Gasteiger partial charge on any atom is 0.135 e. The van der Waals surface area contributed by atoms with Gasteiger partial charge < -0.3 is 9.15 Å². The summed E-state index contributed by atoms with van der Waals surface area (Å²) >= 11 is 5.75. The van der Waals surface area contributed by atoms with Gasteiger partial charge in [-0.3, -0.25) is 0 Å². The quantitative estimate of drug-likeness (QED) is 0.752. The van der Waals surface area contributed by atoms with E-state index in [-0.39, 0.29) is 0 Å². The van der Waals surface area contributed by atoms with E-state index < -0.39 is 0 Å². The van der Waals surface area contributed by atoms with Crippen LogP contribution in [0.3, 0.4) is 0 Å². The SMILES string of the molecule is COc1ccc(-c2cc(Cl)co2)cc1. The van der Waals surface area contributed by atoms with Gasteiger partial charge in [0.2, 0.25) is 0 Å². The molecule has 14 heavy (non-hydrogen) atoms. The summed E-state index contributed by atoms with van der Waals surface area (Å²) in [5, 5.41) is 0.607. The van der Waals surface area contributed by atoms with Gasteiger partial charge in [-0.1, -0.05) is 11.6 Å². The van der Waals surface area contributed by atoms with E-state index in [9.17, 15) is 0 Å². The maximum absolute atomic E-state index is 5.75. The lowest BCUT2D eigenvalue weighted by molar-refractivity contribution is 0.415. The Balaban J connectivity index is 2.33. The molecule has 1 heterocycles. The topological polar surface area (TPSA) is 22.4 Å². The molecule has 0 aliphatic rings. The van der Waals surface area contributed by atoms with Crippen LogP contribution in [0.5, 0.6) is 5.75 Å². The number of hydrogen-bond donors (Lipinski definition) is 0. The number of ether oxygens (including phenoxy) is 1. The van der Waals surface area contributed by atoms with Crippen LogP contribution in [0, 0.1) is 0 Å². The summed E-state index contributed by atoms with van der Waals surface area (Å²) in [4.78, 5) is 0. The minimum Gasteiger partial charge on any atom is -0.497 e. The summed E-state index contributed by atoms with van der Waals surface area (Å²) in [6.45, 7) is 0. The van der Waals surface area contributed by atoms with Crippen LogP contribution in [0.1, 0.15) is 0 Å². The number of methoxy groups -OCH3 is 1. The second-order valence-electron chi connectivity index (χ2n) is 2.86. The fraction of sp³-hybridized carbons (Fsp3) is 0.0909. The normalized spacial score (nSPS) is 10.1. The van der Waals surface area contributed by atoms with E-state index in [1.807, 2.05) is 24.3 Å². The molecule has 1 aromatic carbocycles. The molecular formula is C11H9ClO2. The van der Waals surface area contributed by atoms with Crippen molar-refractivity contribution in [2.45, 2.75) is 0 Å². The summed E-state index contributed by atoms with van der Waals surface area (Å²) in [6, 6.07) is 9.39. The average molecular weight is 209 g/mol. The number of rotatable bonds is 2. The molecule has 0 aliphatic carbocycles. The molecule has 1 aromatic heterocycles. The molecule has 2 nitrogen and oxygen atoms in total. The first-order chi connectivity index (χ1) is 6.79. The second kappa shape index (κ2) is 3.76. The Labute approximate surface area is 87.1 Å². The van der Waals surface area contributed by atoms with E-state index in [2.05, 4.69) is 0 Å². The Kier molecular flexibility index (Phi) is 2.46. The van der Waals surface area contributed by atoms with E-state index in [0.29, 0.717) is 5.02 Å². The first-order valence-corrected chi connectivity index (χ1v) is 4.56. The Morgan fingerprint density at radius 2 is 1.93 bits per heavy atom. The van der Waals surface area contributed by atoms with Crippen molar-refractivity contribution in [3.05, 3.63) is 41.6 Å². The predicted octanol–water partition coefficient (Wildman–Crippen LogP) is 3.61. The summed E-state index contributed by atoms with van der Waals surface area (Å²) in [7, 11) is 1.64. The zero-order valence-corrected chi connectivity index (χ0v) is 8.41. The molecule has 2 aromatic rings. The molecule has 0 amide bonds. The molecule has 0 bridgehead atoms. The minimum absolute atomic E-state index is 0.607. The van der Waals surface area contributed by atoms with Gasteiger partial charge in [0.25, 0.3) is 0 Å². The van der Waals surface area contributed by atoms with Crippen molar-refractivity contribution >= 4 is 11.6 Å². The molecule has 0 N–H and O–H groups in total. The van der Waals surface area contributed by atoms with Crippen molar-refractivity contribution in [2.24, 2.45) is 0 Å². The van der Waals surface area contributed by atoms with E-state index in [1.54, 1.807) is 13.2 Å². The highest BCUT2D eigenvalue weighted by Crippen LogP contribution is 2.26. The van der Waals surface area contributed by atoms with Gasteiger partial charge >= 0.3 is 0 Å². The van der Waals surface area contributed by atoms with Crippen LogP contribution in [0.4, 0.5) is 0 Å². The molecule has 0 spiro atoms. The number of furan rings is 1. The summed E-state index contributed by atoms with van der Waals surface area (Å²) in [6.07, 6.45) is 1.52. The molecule has 2 rings (SSSR count). The third kappa shape index (κ3) is 1.75. The number of hydrogen-bond acceptors (Lipinski definition) is 2. The van der Waals surface area contributed by atoms with E-state index in [4.69, 9.17) is 20.8 Å². The third-order valence-electron chi connectivity index (χ3n) is 1.94. The lowest BCUT2D eigenvalue weighted by Gasteiger charge is -1.99. The molecular weight excluding hydrogens is 200 g/mol. The predicted molar refractivity (Wildman–Crippen MR) is 55.7 cm³/mol. The van der Waals surface area contributed by atoms with Crippen molar-refractivity contribution < 1.29 is 9.15 Å². The van der Waals surface area contributed by atoms with Gasteiger partial charge in [-0.05, 0) is 24.3 Å². The Hall–Kier alpha value is -1.41. The maximum atomic E-state index is 5.75. The molecule has 0 atom stereocenters. The monoisotopic (exact) mass is 208 g/mol. The van der Waals surface area contributed by atoms with Crippen molar-refractivity contribution in [3.8, 4) is 17.1 Å². The Morgan fingerprint density at radius 3 is 2.43 bits per heavy atom. The highest BCUT2D eigenvalue weighted by atomic mass is 35.5. The van der Waals surface area contributed by atoms with Gasteiger partial charge in [0, 0.05) is 11.6 Å². The van der Waals surface area contributed by atoms with Crippen LogP contribution in [-0.2, 0) is 0 Å². The fourth-order valence-electron chi connectivity index (χ4n) is 1.22. The smallest absolute Gasteiger partial charge is 0.135 e. The van der Waals surface area contributed by atoms with Gasteiger partial charge in [-0.2, -0.15) is 0 Å². The van der Waals surface area contributed by atoms with Crippen LogP contribution < -0.4 is 4.74 Å². The standard InChI is InChI=1S/C11H9ClO2/c1-13-10-4-2-8(3-5-10)11-6-9(12)7-14-11/h2-7H,1H3. The van der Waals surface area contributed by atoms with Gasteiger partial charge in [0.1, 0.15) is 17.8 Å². The Morgan fingerprint density at radius 1 is 1.21 bits per heavy atom. The van der Waals surface area contributed by atoms with Crippen molar-refractivity contribution in [2.75, 3.05) is 7.11 Å². The van der Waals surface area contributed by atoms with Crippen LogP contribution in [-0.4, -0.2) is 7.11 Å². The second-order valence-corrected chi connectivity index (χ2v) is 3.29.